The third-order valence-corrected chi connectivity index (χ3v) is 9.56. The van der Waals surface area contributed by atoms with Crippen LogP contribution in [0.1, 0.15) is 194 Å². The van der Waals surface area contributed by atoms with Gasteiger partial charge in [-0.1, -0.05) is 25.7 Å². The summed E-state index contributed by atoms with van der Waals surface area (Å²) in [6.45, 7) is 32.9. The molecule has 0 bridgehead atoms. The zero-order valence-electron chi connectivity index (χ0n) is 47.5. The number of ether oxygens (including phenoxy) is 7. The number of rotatable bonds is 21. The number of hydrogen-bond donors (Lipinski definition) is 0. The van der Waals surface area contributed by atoms with E-state index >= 15 is 0 Å². The Labute approximate surface area is 435 Å². The van der Waals surface area contributed by atoms with Crippen molar-refractivity contribution in [3.05, 3.63) is 41.7 Å². The molecule has 0 radical (unpaired) electrons. The second-order valence-electron chi connectivity index (χ2n) is 24.0. The Morgan fingerprint density at radius 2 is 1.04 bits per heavy atom. The molecular weight excluding hydrogens is 939 g/mol. The van der Waals surface area contributed by atoms with Gasteiger partial charge >= 0.3 is 36.3 Å². The second kappa shape index (κ2) is 27.6. The van der Waals surface area contributed by atoms with Crippen molar-refractivity contribution in [1.29, 1.82) is 0 Å². The van der Waals surface area contributed by atoms with E-state index < -0.39 is 69.9 Å². The lowest BCUT2D eigenvalue weighted by molar-refractivity contribution is -0.153. The van der Waals surface area contributed by atoms with Crippen molar-refractivity contribution in [2.45, 2.75) is 222 Å². The molecule has 412 valence electrons. The van der Waals surface area contributed by atoms with Crippen molar-refractivity contribution < 1.29 is 61.9 Å². The first kappa shape index (κ1) is 63.4. The Morgan fingerprint density at radius 1 is 0.575 bits per heavy atom. The van der Waals surface area contributed by atoms with Crippen LogP contribution >= 0.6 is 0 Å². The van der Waals surface area contributed by atoms with Crippen molar-refractivity contribution in [1.82, 2.24) is 14.7 Å². The van der Waals surface area contributed by atoms with Gasteiger partial charge in [-0.15, -0.1) is 0 Å². The first-order valence-corrected chi connectivity index (χ1v) is 25.7. The van der Waals surface area contributed by atoms with Gasteiger partial charge in [0, 0.05) is 24.4 Å². The number of benzene rings is 1. The van der Waals surface area contributed by atoms with E-state index in [-0.39, 0.29) is 31.9 Å². The maximum atomic E-state index is 14.2. The zero-order chi connectivity index (χ0) is 55.6. The summed E-state index contributed by atoms with van der Waals surface area (Å²) in [5.74, 6) is -0.176. The Kier molecular flexibility index (Phi) is 24.0. The molecule has 18 heteroatoms. The molecule has 0 aliphatic carbocycles. The molecule has 0 fully saturated rings. The SMILES string of the molecule is CC(C)(C)OC(=O)/C=C(\N(CCCCCCCCC(CC(=O)OC(C)(C)C)=NC(=O)OC(C)(C)C)C(=O)OC(C)(C)C)N(CCCCOc1ccc(C2=NCCN2C(=O)OC(C)(C)C)cc1)C(=O)OC(C)(C)C. The fourth-order valence-electron chi connectivity index (χ4n) is 6.87. The molecule has 1 aromatic carbocycles. The van der Waals surface area contributed by atoms with Gasteiger partial charge in [-0.05, 0) is 181 Å². The fourth-order valence-corrected chi connectivity index (χ4v) is 6.87. The normalized spacial score (nSPS) is 13.9. The van der Waals surface area contributed by atoms with Gasteiger partial charge in [0.25, 0.3) is 0 Å². The van der Waals surface area contributed by atoms with Crippen molar-refractivity contribution in [3.8, 4) is 5.75 Å². The molecule has 73 heavy (non-hydrogen) atoms. The van der Waals surface area contributed by atoms with Crippen molar-refractivity contribution in [2.24, 2.45) is 9.98 Å². The summed E-state index contributed by atoms with van der Waals surface area (Å²) in [4.78, 5) is 92.9. The van der Waals surface area contributed by atoms with Gasteiger partial charge in [0.1, 0.15) is 51.0 Å². The average molecular weight is 1030 g/mol. The minimum atomic E-state index is -0.926. The molecule has 1 heterocycles. The molecule has 0 atom stereocenters. The summed E-state index contributed by atoms with van der Waals surface area (Å²) in [6, 6.07) is 7.26. The monoisotopic (exact) mass is 1030 g/mol. The van der Waals surface area contributed by atoms with E-state index in [4.69, 9.17) is 33.2 Å². The van der Waals surface area contributed by atoms with Crippen LogP contribution in [0.3, 0.4) is 0 Å². The molecule has 1 aliphatic rings. The first-order valence-electron chi connectivity index (χ1n) is 25.7. The Bertz CT molecular complexity index is 2090. The highest BCUT2D eigenvalue weighted by molar-refractivity contribution is 6.07. The largest absolute Gasteiger partial charge is 0.494 e. The lowest BCUT2D eigenvalue weighted by Crippen LogP contribution is -2.47. The number of esters is 2. The number of amidine groups is 1. The van der Waals surface area contributed by atoms with Crippen LogP contribution in [0, 0.1) is 0 Å². The predicted octanol–water partition coefficient (Wildman–Crippen LogP) is 12.3. The van der Waals surface area contributed by atoms with Crippen LogP contribution in [0.25, 0.3) is 0 Å². The van der Waals surface area contributed by atoms with E-state index in [1.54, 1.807) is 116 Å². The van der Waals surface area contributed by atoms with E-state index in [1.165, 1.54) is 14.7 Å². The van der Waals surface area contributed by atoms with Gasteiger partial charge in [0.15, 0.2) is 0 Å². The summed E-state index contributed by atoms with van der Waals surface area (Å²) in [7, 11) is 0. The molecule has 0 spiro atoms. The van der Waals surface area contributed by atoms with Gasteiger partial charge in [-0.3, -0.25) is 24.5 Å². The predicted molar refractivity (Wildman–Crippen MR) is 282 cm³/mol. The molecule has 0 saturated heterocycles. The second-order valence-corrected chi connectivity index (χ2v) is 24.0. The van der Waals surface area contributed by atoms with Crippen molar-refractivity contribution >= 4 is 47.9 Å². The highest BCUT2D eigenvalue weighted by Crippen LogP contribution is 2.25. The van der Waals surface area contributed by atoms with Crippen LogP contribution in [0.5, 0.6) is 5.75 Å². The standard InChI is InChI=1S/C55H89N5O13/c1-50(2,3)68-43(61)37-40(57-46(63)70-52(7,8)9)27-23-21-19-20-22-24-33-58(47(64)71-53(10,11)12)42(38-44(62)69-51(4,5)6)59(48(65)72-54(13,14)15)34-25-26-36-67-41-30-28-39(29-31-41)45-56-32-35-60(45)49(66)73-55(16,17)18/h28-31,38H,19-27,32-37H2,1-18H3/b42-38+,57-40?. The van der Waals surface area contributed by atoms with Crippen LogP contribution in [0.4, 0.5) is 19.2 Å². The number of carbonyl (C=O) groups excluding carboxylic acids is 6. The highest BCUT2D eigenvalue weighted by atomic mass is 16.6. The van der Waals surface area contributed by atoms with Crippen LogP contribution in [-0.4, -0.2) is 129 Å². The average Bonchev–Trinajstić information content (AvgIpc) is 3.68. The summed E-state index contributed by atoms with van der Waals surface area (Å²) in [5, 5.41) is 0. The minimum Gasteiger partial charge on any atom is -0.494 e. The fraction of sp³-hybridized carbons (Fsp3) is 0.709. The smallest absolute Gasteiger partial charge is 0.434 e. The van der Waals surface area contributed by atoms with E-state index in [1.807, 2.05) is 32.9 Å². The molecule has 0 saturated carbocycles. The van der Waals surface area contributed by atoms with Crippen LogP contribution in [0.15, 0.2) is 46.1 Å². The first-order chi connectivity index (χ1) is 33.4. The summed E-state index contributed by atoms with van der Waals surface area (Å²) in [5.41, 5.74) is -3.68. The molecule has 2 rings (SSSR count). The summed E-state index contributed by atoms with van der Waals surface area (Å²) >= 11 is 0. The lowest BCUT2D eigenvalue weighted by atomic mass is 10.1. The topological polar surface area (TPSA) is 201 Å². The molecule has 1 aliphatic heterocycles. The maximum absolute atomic E-state index is 14.2. The molecular formula is C55H89N5O13. The van der Waals surface area contributed by atoms with E-state index in [9.17, 15) is 28.8 Å². The van der Waals surface area contributed by atoms with E-state index in [0.717, 1.165) is 30.9 Å². The molecule has 0 unspecified atom stereocenters. The van der Waals surface area contributed by atoms with Crippen LogP contribution in [0.2, 0.25) is 0 Å². The molecule has 4 amide bonds. The molecule has 0 aromatic heterocycles. The Balaban J connectivity index is 2.29. The quantitative estimate of drug-likeness (QED) is 0.0370. The number of unbranched alkanes of at least 4 members (excludes halogenated alkanes) is 6. The maximum Gasteiger partial charge on any atom is 0.434 e. The van der Waals surface area contributed by atoms with E-state index in [0.29, 0.717) is 68.9 Å². The van der Waals surface area contributed by atoms with Gasteiger partial charge in [0.05, 0.1) is 32.2 Å². The number of carbonyl (C=O) groups is 6. The highest BCUT2D eigenvalue weighted by Gasteiger charge is 2.35. The van der Waals surface area contributed by atoms with Gasteiger partial charge < -0.3 is 33.2 Å². The zero-order valence-corrected chi connectivity index (χ0v) is 47.5. The minimum absolute atomic E-state index is 0.0403. The Morgan fingerprint density at radius 3 is 1.53 bits per heavy atom. The number of hydrogen-bond acceptors (Lipinski definition) is 14. The van der Waals surface area contributed by atoms with Crippen molar-refractivity contribution in [3.63, 3.8) is 0 Å². The third kappa shape index (κ3) is 27.8. The van der Waals surface area contributed by atoms with Crippen LogP contribution < -0.4 is 4.74 Å². The molecule has 18 nitrogen and oxygen atoms in total. The third-order valence-electron chi connectivity index (χ3n) is 9.56. The van der Waals surface area contributed by atoms with E-state index in [2.05, 4.69) is 9.98 Å². The van der Waals surface area contributed by atoms with Crippen LogP contribution in [-0.2, 0) is 38.0 Å². The summed E-state index contributed by atoms with van der Waals surface area (Å²) < 4.78 is 40.0. The van der Waals surface area contributed by atoms with Gasteiger partial charge in [0.2, 0.25) is 0 Å². The van der Waals surface area contributed by atoms with Crippen molar-refractivity contribution in [2.75, 3.05) is 32.8 Å². The summed E-state index contributed by atoms with van der Waals surface area (Å²) in [6.07, 6.45) is 3.68. The van der Waals surface area contributed by atoms with Gasteiger partial charge in [-0.2, -0.15) is 4.99 Å². The Hall–Kier alpha value is -5.68. The number of aliphatic imine (C=N–C) groups is 2. The number of nitrogens with zero attached hydrogens (tertiary/aromatic N) is 5. The molecule has 1 aromatic rings. The van der Waals surface area contributed by atoms with Gasteiger partial charge in [-0.25, -0.2) is 24.0 Å². The lowest BCUT2D eigenvalue weighted by Gasteiger charge is -2.35. The molecule has 0 N–H and O–H groups in total. The number of amides is 4.